The van der Waals surface area contributed by atoms with E-state index in [1.807, 2.05) is 6.07 Å². The lowest BCUT2D eigenvalue weighted by Crippen LogP contribution is -2.44. The van der Waals surface area contributed by atoms with Gasteiger partial charge < -0.3 is 30.6 Å². The number of esters is 2. The summed E-state index contributed by atoms with van der Waals surface area (Å²) in [5, 5.41) is 11.7. The molecule has 2 aliphatic rings. The van der Waals surface area contributed by atoms with Gasteiger partial charge in [0.25, 0.3) is 5.56 Å². The molecular weight excluding hydrogens is 440 g/mol. The molecule has 34 heavy (non-hydrogen) atoms. The van der Waals surface area contributed by atoms with Crippen LogP contribution in [-0.2, 0) is 44.2 Å². The summed E-state index contributed by atoms with van der Waals surface area (Å²) in [5.74, 6) is -1.31. The first-order chi connectivity index (χ1) is 16.2. The molecular formula is C24H24N4O6. The largest absolute Gasteiger partial charge is 0.468 e. The molecule has 0 amide bonds. The Bertz CT molecular complexity index is 1450. The Morgan fingerprint density at radius 3 is 2.82 bits per heavy atom. The number of pyridine rings is 2. The highest BCUT2D eigenvalue weighted by Crippen LogP contribution is 2.39. The van der Waals surface area contributed by atoms with Gasteiger partial charge in [-0.25, -0.2) is 9.78 Å². The van der Waals surface area contributed by atoms with Crippen molar-refractivity contribution in [1.82, 2.24) is 9.55 Å². The molecule has 0 saturated carbocycles. The van der Waals surface area contributed by atoms with E-state index >= 15 is 0 Å². The number of carbonyl (C=O) groups excluding carboxylic acids is 2. The molecule has 0 fully saturated rings. The Hall–Kier alpha value is -3.76. The number of nitrogens with zero attached hydrogens (tertiary/aromatic N) is 2. The summed E-state index contributed by atoms with van der Waals surface area (Å²) in [4.78, 5) is 42.3. The molecule has 5 rings (SSSR count). The zero-order valence-corrected chi connectivity index (χ0v) is 18.8. The van der Waals surface area contributed by atoms with Gasteiger partial charge in [-0.05, 0) is 36.2 Å². The zero-order valence-electron chi connectivity index (χ0n) is 18.8. The van der Waals surface area contributed by atoms with Crippen molar-refractivity contribution in [2.75, 3.05) is 12.8 Å². The van der Waals surface area contributed by atoms with Crippen molar-refractivity contribution in [1.29, 1.82) is 0 Å². The van der Waals surface area contributed by atoms with Crippen LogP contribution in [0.4, 0.5) is 5.69 Å². The molecule has 0 aliphatic carbocycles. The van der Waals surface area contributed by atoms with Crippen molar-refractivity contribution in [3.05, 3.63) is 56.9 Å². The summed E-state index contributed by atoms with van der Waals surface area (Å²) >= 11 is 0. The number of aliphatic hydroxyl groups is 1. The molecule has 1 unspecified atom stereocenters. The lowest BCUT2D eigenvalue weighted by atomic mass is 9.86. The molecule has 5 N–H and O–H groups in total. The van der Waals surface area contributed by atoms with Crippen LogP contribution in [0.15, 0.2) is 29.1 Å². The molecule has 0 saturated heterocycles. The Morgan fingerprint density at radius 1 is 1.35 bits per heavy atom. The van der Waals surface area contributed by atoms with Crippen molar-refractivity contribution in [2.24, 2.45) is 5.73 Å². The third-order valence-electron chi connectivity index (χ3n) is 6.77. The number of ether oxygens (including phenoxy) is 2. The van der Waals surface area contributed by atoms with Gasteiger partial charge in [-0.15, -0.1) is 0 Å². The first kappa shape index (κ1) is 22.1. The molecule has 4 heterocycles. The van der Waals surface area contributed by atoms with Crippen LogP contribution in [0.1, 0.15) is 35.6 Å². The standard InChI is InChI=1S/C24H24N4O6/c1-3-24(32)15-8-19-20-11(9-28(19)21(29)14(15)10-34-23(24)31)6-13-12(7-17(26)22(30)33-2)16(25)4-5-18(13)27-20/h4-6,8,17,32H,3,7,9-10,25-26H2,1-2H3/t17?,24-/m0/s1. The predicted molar refractivity (Wildman–Crippen MR) is 123 cm³/mol. The number of nitrogen functional groups attached to an aromatic ring is 1. The van der Waals surface area contributed by atoms with Gasteiger partial charge in [0.2, 0.25) is 0 Å². The number of hydrogen-bond donors (Lipinski definition) is 3. The summed E-state index contributed by atoms with van der Waals surface area (Å²) in [7, 11) is 1.27. The summed E-state index contributed by atoms with van der Waals surface area (Å²) in [5.41, 5.74) is 14.1. The number of hydrogen-bond acceptors (Lipinski definition) is 9. The highest BCUT2D eigenvalue weighted by Gasteiger charge is 2.45. The minimum atomic E-state index is -1.88. The number of cyclic esters (lactones) is 1. The minimum absolute atomic E-state index is 0.0722. The van der Waals surface area contributed by atoms with Gasteiger partial charge in [-0.1, -0.05) is 6.92 Å². The Morgan fingerprint density at radius 2 is 2.12 bits per heavy atom. The van der Waals surface area contributed by atoms with Crippen LogP contribution < -0.4 is 17.0 Å². The number of aromatic nitrogens is 2. The normalized spacial score (nSPS) is 19.2. The second-order valence-electron chi connectivity index (χ2n) is 8.63. The van der Waals surface area contributed by atoms with E-state index in [-0.39, 0.29) is 42.7 Å². The van der Waals surface area contributed by atoms with Gasteiger partial charge in [-0.2, -0.15) is 0 Å². The third-order valence-corrected chi connectivity index (χ3v) is 6.77. The fraction of sp³-hybridized carbons (Fsp3) is 0.333. The monoisotopic (exact) mass is 464 g/mol. The van der Waals surface area contributed by atoms with Gasteiger partial charge in [-0.3, -0.25) is 9.59 Å². The summed E-state index contributed by atoms with van der Waals surface area (Å²) in [6.07, 6.45) is 0.239. The summed E-state index contributed by atoms with van der Waals surface area (Å²) in [6, 6.07) is 6.13. The van der Waals surface area contributed by atoms with Gasteiger partial charge in [0.15, 0.2) is 5.60 Å². The Labute approximate surface area is 194 Å². The number of rotatable bonds is 4. The predicted octanol–water partition coefficient (Wildman–Crippen LogP) is 0.705. The van der Waals surface area contributed by atoms with E-state index in [1.165, 1.54) is 7.11 Å². The van der Waals surface area contributed by atoms with Gasteiger partial charge in [0.1, 0.15) is 12.6 Å². The summed E-state index contributed by atoms with van der Waals surface area (Å²) in [6.45, 7) is 1.73. The average Bonchev–Trinajstić information content (AvgIpc) is 3.19. The number of benzene rings is 1. The van der Waals surface area contributed by atoms with Crippen molar-refractivity contribution in [3.63, 3.8) is 0 Å². The molecule has 0 bridgehead atoms. The minimum Gasteiger partial charge on any atom is -0.468 e. The van der Waals surface area contributed by atoms with Crippen molar-refractivity contribution < 1.29 is 24.2 Å². The van der Waals surface area contributed by atoms with Crippen LogP contribution in [0.2, 0.25) is 0 Å². The first-order valence-electron chi connectivity index (χ1n) is 10.9. The van der Waals surface area contributed by atoms with E-state index in [0.29, 0.717) is 28.2 Å². The maximum absolute atomic E-state index is 13.3. The highest BCUT2D eigenvalue weighted by atomic mass is 16.6. The van der Waals surface area contributed by atoms with Gasteiger partial charge >= 0.3 is 11.9 Å². The molecule has 0 radical (unpaired) electrons. The quantitative estimate of drug-likeness (QED) is 0.292. The topological polar surface area (TPSA) is 160 Å². The van der Waals surface area contributed by atoms with E-state index in [9.17, 15) is 19.5 Å². The lowest BCUT2D eigenvalue weighted by molar-refractivity contribution is -0.172. The molecule has 176 valence electrons. The van der Waals surface area contributed by atoms with Crippen LogP contribution in [0, 0.1) is 0 Å². The number of methoxy groups -OCH3 is 1. The lowest BCUT2D eigenvalue weighted by Gasteiger charge is -2.31. The number of nitrogens with two attached hydrogens (primary N) is 2. The second kappa shape index (κ2) is 7.64. The van der Waals surface area contributed by atoms with E-state index in [2.05, 4.69) is 0 Å². The van der Waals surface area contributed by atoms with Crippen LogP contribution in [0.25, 0.3) is 22.3 Å². The van der Waals surface area contributed by atoms with Crippen molar-refractivity contribution in [2.45, 2.75) is 44.6 Å². The molecule has 1 aromatic carbocycles. The fourth-order valence-electron chi connectivity index (χ4n) is 4.81. The van der Waals surface area contributed by atoms with Crippen molar-refractivity contribution >= 4 is 28.5 Å². The highest BCUT2D eigenvalue weighted by molar-refractivity contribution is 5.91. The molecule has 3 aromatic rings. The zero-order chi connectivity index (χ0) is 24.4. The smallest absolute Gasteiger partial charge is 0.343 e. The molecule has 10 heteroatoms. The second-order valence-corrected chi connectivity index (χ2v) is 8.63. The molecule has 0 spiro atoms. The van der Waals surface area contributed by atoms with Gasteiger partial charge in [0.05, 0.1) is 36.1 Å². The average molecular weight is 464 g/mol. The van der Waals surface area contributed by atoms with Crippen LogP contribution >= 0.6 is 0 Å². The maximum Gasteiger partial charge on any atom is 0.343 e. The fourth-order valence-corrected chi connectivity index (χ4v) is 4.81. The molecule has 10 nitrogen and oxygen atoms in total. The van der Waals surface area contributed by atoms with E-state index < -0.39 is 23.6 Å². The van der Waals surface area contributed by atoms with Crippen LogP contribution in [-0.4, -0.2) is 39.7 Å². The van der Waals surface area contributed by atoms with Crippen LogP contribution in [0.3, 0.4) is 0 Å². The molecule has 2 atom stereocenters. The number of carbonyl (C=O) groups is 2. The first-order valence-corrected chi connectivity index (χ1v) is 10.9. The van der Waals surface area contributed by atoms with Crippen LogP contribution in [0.5, 0.6) is 0 Å². The molecule has 2 aromatic heterocycles. The van der Waals surface area contributed by atoms with E-state index in [1.54, 1.807) is 29.7 Å². The maximum atomic E-state index is 13.3. The van der Waals surface area contributed by atoms with E-state index in [0.717, 1.165) is 10.9 Å². The van der Waals surface area contributed by atoms with E-state index in [4.69, 9.17) is 25.9 Å². The Kier molecular flexibility index (Phi) is 4.96. The SMILES string of the molecule is CC[C@@]1(O)C(=O)OCc2c1cc1n(c2=O)Cc2cc3c(CC(N)C(=O)OC)c(N)ccc3nc2-1. The Balaban J connectivity index is 1.68. The third kappa shape index (κ3) is 3.02. The number of fused-ring (bicyclic) bond motifs is 5. The summed E-state index contributed by atoms with van der Waals surface area (Å²) < 4.78 is 11.4. The number of anilines is 1. The molecule has 2 aliphatic heterocycles. The van der Waals surface area contributed by atoms with Crippen molar-refractivity contribution in [3.8, 4) is 11.4 Å². The van der Waals surface area contributed by atoms with Gasteiger partial charge in [0, 0.05) is 28.6 Å².